The van der Waals surface area contributed by atoms with Gasteiger partial charge in [-0.25, -0.2) is 9.97 Å². The summed E-state index contributed by atoms with van der Waals surface area (Å²) < 4.78 is 19.7. The van der Waals surface area contributed by atoms with Gasteiger partial charge in [0.2, 0.25) is 0 Å². The fourth-order valence-electron chi connectivity index (χ4n) is 9.35. The number of fused-ring (bicyclic) bond motifs is 12. The molecule has 0 amide bonds. The first-order valence-electron chi connectivity index (χ1n) is 18.4. The molecule has 0 radical (unpaired) electrons. The van der Waals surface area contributed by atoms with Gasteiger partial charge < -0.3 is 37.3 Å². The predicted molar refractivity (Wildman–Crippen MR) is 221 cm³/mol. The largest absolute Gasteiger partial charge is 0.487 e. The van der Waals surface area contributed by atoms with Gasteiger partial charge in [-0.05, 0) is 87.4 Å². The van der Waals surface area contributed by atoms with Crippen LogP contribution in [0.1, 0.15) is 0 Å². The molecule has 250 valence electrons. The topological polar surface area (TPSA) is 55.1 Å². The SMILES string of the molecule is CB1N(C)B(C)N2B(N1C)n1ccnc1-c1ccc(-c3ccc(N4B(C)N(c5ccccc5)B(C)N5B4n4ccnc4-c4ccccc45)cc3)cc12. The zero-order valence-electron chi connectivity index (χ0n) is 30.5. The van der Waals surface area contributed by atoms with E-state index in [1.165, 1.54) is 28.2 Å². The smallest absolute Gasteiger partial charge is 0.425 e. The normalized spacial score (nSPS) is 16.9. The molecule has 0 N–H and O–H groups in total. The molecular formula is C36H38B6N10. The van der Waals surface area contributed by atoms with Crippen LogP contribution in [0.5, 0.6) is 0 Å². The number of hydrogen-bond acceptors (Lipinski definition) is 8. The minimum Gasteiger partial charge on any atom is -0.425 e. The lowest BCUT2D eigenvalue weighted by atomic mass is 9.46. The summed E-state index contributed by atoms with van der Waals surface area (Å²) in [7, 11) is 4.39. The minimum atomic E-state index is -0.0930. The van der Waals surface area contributed by atoms with Crippen LogP contribution in [0, 0.1) is 0 Å². The monoisotopic (exact) mass is 676 g/mol. The van der Waals surface area contributed by atoms with Crippen molar-refractivity contribution < 1.29 is 0 Å². The maximum absolute atomic E-state index is 4.87. The summed E-state index contributed by atoms with van der Waals surface area (Å²) in [4.78, 5) is 9.71. The molecule has 0 bridgehead atoms. The first-order chi connectivity index (χ1) is 25.3. The van der Waals surface area contributed by atoms with E-state index >= 15 is 0 Å². The third-order valence-corrected chi connectivity index (χ3v) is 12.2. The van der Waals surface area contributed by atoms with Crippen LogP contribution in [0.3, 0.4) is 0 Å². The Bertz CT molecular complexity index is 2300. The summed E-state index contributed by atoms with van der Waals surface area (Å²) in [6.07, 6.45) is 8.10. The second-order valence-electron chi connectivity index (χ2n) is 14.6. The van der Waals surface area contributed by atoms with E-state index in [1.54, 1.807) is 0 Å². The fourth-order valence-corrected chi connectivity index (χ4v) is 9.35. The molecule has 0 atom stereocenters. The van der Waals surface area contributed by atoms with Crippen molar-refractivity contribution in [2.24, 2.45) is 0 Å². The first kappa shape index (κ1) is 31.5. The summed E-state index contributed by atoms with van der Waals surface area (Å²) in [5.41, 5.74) is 9.45. The van der Waals surface area contributed by atoms with Crippen molar-refractivity contribution in [3.8, 4) is 33.9 Å². The van der Waals surface area contributed by atoms with E-state index in [2.05, 4.69) is 188 Å². The molecule has 0 saturated carbocycles. The Hall–Kier alpha value is -5.19. The fraction of sp³-hybridized carbons (Fsp3) is 0.167. The van der Waals surface area contributed by atoms with Crippen molar-refractivity contribution >= 4 is 64.9 Å². The van der Waals surface area contributed by atoms with E-state index < -0.39 is 0 Å². The number of aromatic nitrogens is 4. The van der Waals surface area contributed by atoms with Crippen molar-refractivity contribution in [2.75, 3.05) is 33.0 Å². The molecule has 4 aliphatic rings. The van der Waals surface area contributed by atoms with E-state index in [4.69, 9.17) is 9.97 Å². The third-order valence-electron chi connectivity index (χ3n) is 12.2. The van der Waals surface area contributed by atoms with Gasteiger partial charge in [-0.15, -0.1) is 0 Å². The van der Waals surface area contributed by atoms with Gasteiger partial charge in [0.1, 0.15) is 11.6 Å². The zero-order chi connectivity index (χ0) is 35.4. The number of rotatable bonds is 3. The maximum Gasteiger partial charge on any atom is 0.487 e. The molecule has 0 unspecified atom stereocenters. The second-order valence-corrected chi connectivity index (χ2v) is 14.6. The van der Waals surface area contributed by atoms with Crippen LogP contribution in [0.4, 0.5) is 22.7 Å². The molecule has 0 spiro atoms. The van der Waals surface area contributed by atoms with Gasteiger partial charge in [-0.2, -0.15) is 0 Å². The average molecular weight is 676 g/mol. The third kappa shape index (κ3) is 4.34. The lowest BCUT2D eigenvalue weighted by molar-refractivity contribution is 0.632. The molecule has 6 heterocycles. The average Bonchev–Trinajstić information content (AvgIpc) is 3.88. The van der Waals surface area contributed by atoms with Crippen molar-refractivity contribution in [1.82, 2.24) is 28.4 Å². The number of nitrogens with zero attached hydrogens (tertiary/aromatic N) is 10. The van der Waals surface area contributed by atoms with Crippen molar-refractivity contribution in [2.45, 2.75) is 27.3 Å². The molecule has 0 aliphatic carbocycles. The molecule has 4 aromatic carbocycles. The Morgan fingerprint density at radius 2 is 1.04 bits per heavy atom. The Morgan fingerprint density at radius 3 is 1.77 bits per heavy atom. The summed E-state index contributed by atoms with van der Waals surface area (Å²) in [6.45, 7) is 9.85. The molecule has 2 fully saturated rings. The van der Waals surface area contributed by atoms with Crippen molar-refractivity contribution in [3.05, 3.63) is 122 Å². The number of anilines is 4. The lowest BCUT2D eigenvalue weighted by Gasteiger charge is -2.56. The van der Waals surface area contributed by atoms with Crippen LogP contribution in [0.15, 0.2) is 122 Å². The number of imidazole rings is 2. The molecule has 2 aromatic heterocycles. The first-order valence-corrected chi connectivity index (χ1v) is 18.4. The van der Waals surface area contributed by atoms with E-state index in [9.17, 15) is 0 Å². The predicted octanol–water partition coefficient (Wildman–Crippen LogP) is 5.76. The Kier molecular flexibility index (Phi) is 7.07. The van der Waals surface area contributed by atoms with Crippen LogP contribution in [0.2, 0.25) is 27.3 Å². The quantitative estimate of drug-likeness (QED) is 0.220. The zero-order valence-corrected chi connectivity index (χ0v) is 30.5. The highest BCUT2D eigenvalue weighted by Gasteiger charge is 2.55. The van der Waals surface area contributed by atoms with Crippen LogP contribution < -0.4 is 18.9 Å². The Balaban J connectivity index is 1.07. The van der Waals surface area contributed by atoms with Crippen LogP contribution in [-0.2, 0) is 0 Å². The highest BCUT2D eigenvalue weighted by Crippen LogP contribution is 2.44. The second kappa shape index (κ2) is 11.7. The van der Waals surface area contributed by atoms with E-state index in [-0.39, 0.29) is 42.2 Å². The van der Waals surface area contributed by atoms with Crippen molar-refractivity contribution in [3.63, 3.8) is 0 Å². The van der Waals surface area contributed by atoms with Gasteiger partial charge in [0, 0.05) is 58.7 Å². The van der Waals surface area contributed by atoms with Crippen molar-refractivity contribution in [1.29, 1.82) is 0 Å². The molecular weight excluding hydrogens is 637 g/mol. The molecule has 52 heavy (non-hydrogen) atoms. The molecule has 10 nitrogen and oxygen atoms in total. The Morgan fingerprint density at radius 1 is 0.462 bits per heavy atom. The van der Waals surface area contributed by atoms with Crippen LogP contribution in [0.25, 0.3) is 33.9 Å². The van der Waals surface area contributed by atoms with Gasteiger partial charge in [0.05, 0.1) is 0 Å². The van der Waals surface area contributed by atoms with Gasteiger partial charge in [-0.1, -0.05) is 62.2 Å². The molecule has 16 heteroatoms. The summed E-state index contributed by atoms with van der Waals surface area (Å²) in [5.74, 6) is 2.01. The molecule has 6 aromatic rings. The standard InChI is InChI=1S/C36H38B6N10/c1-37-45(5)38(2)52-34-26-28(18-21-32(34)36-44-22-24-47(36)41(52)46(37)6)27-16-19-30(20-17-27)50-39(3)49(29-12-8-7-9-13-29)40(4)51-33-15-11-10-14-31(33)35-43-23-25-48(35)42(50)51/h7-26H,1-6H3. The number of para-hydroxylation sites is 2. The summed E-state index contributed by atoms with van der Waals surface area (Å²) in [5, 5.41) is 0. The summed E-state index contributed by atoms with van der Waals surface area (Å²) >= 11 is 0. The van der Waals surface area contributed by atoms with E-state index in [0.29, 0.717) is 0 Å². The molecule has 4 aliphatic heterocycles. The highest BCUT2D eigenvalue weighted by atomic mass is 15.4. The summed E-state index contributed by atoms with van der Waals surface area (Å²) in [6, 6.07) is 35.5. The molecule has 10 rings (SSSR count). The van der Waals surface area contributed by atoms with Crippen LogP contribution >= 0.6 is 0 Å². The van der Waals surface area contributed by atoms with Crippen LogP contribution in [-0.4, -0.2) is 84.6 Å². The maximum atomic E-state index is 4.87. The van der Waals surface area contributed by atoms with Gasteiger partial charge >= 0.3 is 35.2 Å². The van der Waals surface area contributed by atoms with Gasteiger partial charge in [-0.3, -0.25) is 0 Å². The highest BCUT2D eigenvalue weighted by molar-refractivity contribution is 7.04. The molecule has 2 saturated heterocycles. The number of hydrogen-bond donors (Lipinski definition) is 0. The van der Waals surface area contributed by atoms with Gasteiger partial charge in [0.15, 0.2) is 0 Å². The van der Waals surface area contributed by atoms with E-state index in [1.807, 2.05) is 12.4 Å². The minimum absolute atomic E-state index is 0.0476. The lowest BCUT2D eigenvalue weighted by Crippen LogP contribution is -2.80. The van der Waals surface area contributed by atoms with Gasteiger partial charge in [0.25, 0.3) is 6.98 Å². The Labute approximate surface area is 308 Å². The number of benzene rings is 4. The van der Waals surface area contributed by atoms with E-state index in [0.717, 1.165) is 28.5 Å².